The van der Waals surface area contributed by atoms with Crippen molar-refractivity contribution in [2.24, 2.45) is 0 Å². The highest BCUT2D eigenvalue weighted by Crippen LogP contribution is 2.28. The first-order chi connectivity index (χ1) is 15.9. The molecule has 0 atom stereocenters. The van der Waals surface area contributed by atoms with E-state index in [1.54, 1.807) is 23.7 Å². The van der Waals surface area contributed by atoms with E-state index in [1.165, 1.54) is 17.4 Å². The largest absolute Gasteiger partial charge is 0.362 e. The van der Waals surface area contributed by atoms with E-state index in [9.17, 15) is 19.7 Å². The van der Waals surface area contributed by atoms with Crippen LogP contribution in [0, 0.1) is 17.0 Å². The summed E-state index contributed by atoms with van der Waals surface area (Å²) in [5, 5.41) is 14.4. The van der Waals surface area contributed by atoms with Gasteiger partial charge >= 0.3 is 0 Å². The Bertz CT molecular complexity index is 1010. The molecule has 176 valence electrons. The predicted octanol–water partition coefficient (Wildman–Crippen LogP) is 1.90. The van der Waals surface area contributed by atoms with E-state index in [0.29, 0.717) is 43.3 Å². The Morgan fingerprint density at radius 1 is 1.15 bits per heavy atom. The molecular formula is C22H28N6O4S. The van der Waals surface area contributed by atoms with Crippen LogP contribution in [0.2, 0.25) is 0 Å². The number of benzene rings is 1. The second-order valence-electron chi connectivity index (χ2n) is 8.40. The van der Waals surface area contributed by atoms with Crippen LogP contribution in [0.25, 0.3) is 0 Å². The number of nitrogens with one attached hydrogen (secondary N) is 1. The van der Waals surface area contributed by atoms with Gasteiger partial charge < -0.3 is 15.1 Å². The van der Waals surface area contributed by atoms with Crippen molar-refractivity contribution in [2.75, 3.05) is 50.7 Å². The maximum absolute atomic E-state index is 12.8. The normalized spacial score (nSPS) is 17.7. The number of rotatable bonds is 6. The predicted molar refractivity (Wildman–Crippen MR) is 126 cm³/mol. The number of hydrogen-bond donors (Lipinski definition) is 1. The molecule has 2 amide bonds. The molecule has 2 fully saturated rings. The van der Waals surface area contributed by atoms with Crippen molar-refractivity contribution in [2.45, 2.75) is 25.8 Å². The number of para-hydroxylation sites is 2. The van der Waals surface area contributed by atoms with Crippen molar-refractivity contribution in [1.29, 1.82) is 0 Å². The van der Waals surface area contributed by atoms with Gasteiger partial charge in [0.15, 0.2) is 0 Å². The molecule has 4 rings (SSSR count). The van der Waals surface area contributed by atoms with Gasteiger partial charge in [0.1, 0.15) is 10.6 Å². The van der Waals surface area contributed by atoms with Crippen LogP contribution in [0.1, 0.15) is 28.2 Å². The van der Waals surface area contributed by atoms with Crippen LogP contribution >= 0.6 is 11.3 Å². The number of anilines is 1. The lowest BCUT2D eigenvalue weighted by Crippen LogP contribution is -2.53. The van der Waals surface area contributed by atoms with Crippen molar-refractivity contribution in [1.82, 2.24) is 20.1 Å². The third-order valence-electron chi connectivity index (χ3n) is 6.28. The maximum atomic E-state index is 12.8. The van der Waals surface area contributed by atoms with Crippen LogP contribution in [-0.2, 0) is 4.79 Å². The van der Waals surface area contributed by atoms with Crippen molar-refractivity contribution < 1.29 is 14.5 Å². The van der Waals surface area contributed by atoms with Crippen molar-refractivity contribution >= 4 is 34.5 Å². The van der Waals surface area contributed by atoms with Crippen molar-refractivity contribution in [3.05, 3.63) is 50.5 Å². The second-order valence-corrected chi connectivity index (χ2v) is 9.26. The van der Waals surface area contributed by atoms with Gasteiger partial charge in [-0.05, 0) is 25.8 Å². The first-order valence-corrected chi connectivity index (χ1v) is 12.0. The molecule has 0 radical (unpaired) electrons. The Morgan fingerprint density at radius 2 is 1.85 bits per heavy atom. The molecule has 0 saturated carbocycles. The van der Waals surface area contributed by atoms with Crippen LogP contribution in [-0.4, -0.2) is 83.4 Å². The number of thiazole rings is 1. The summed E-state index contributed by atoms with van der Waals surface area (Å²) in [4.78, 5) is 46.9. The Balaban J connectivity index is 1.22. The molecule has 33 heavy (non-hydrogen) atoms. The average Bonchev–Trinajstić information content (AvgIpc) is 3.26. The standard InChI is InChI=1S/C22H28N6O4S/c1-16-21(33-15-23-16)22(30)24-17-6-8-25(9-7-17)14-20(29)27-12-10-26(11-13-27)18-4-2-3-5-19(18)28(31)32/h2-5,15,17H,6-14H2,1H3,(H,24,30). The van der Waals surface area contributed by atoms with E-state index in [0.717, 1.165) is 31.6 Å². The molecule has 1 N–H and O–H groups in total. The number of amides is 2. The van der Waals surface area contributed by atoms with E-state index in [4.69, 9.17) is 0 Å². The maximum Gasteiger partial charge on any atom is 0.292 e. The molecule has 2 aliphatic heterocycles. The summed E-state index contributed by atoms with van der Waals surface area (Å²) >= 11 is 1.35. The molecule has 0 aliphatic carbocycles. The summed E-state index contributed by atoms with van der Waals surface area (Å²) in [7, 11) is 0. The lowest BCUT2D eigenvalue weighted by atomic mass is 10.0. The number of nitro groups is 1. The Kier molecular flexibility index (Phi) is 7.19. The highest BCUT2D eigenvalue weighted by molar-refractivity contribution is 7.11. The first kappa shape index (κ1) is 23.1. The molecule has 1 aromatic carbocycles. The lowest BCUT2D eigenvalue weighted by Gasteiger charge is -2.37. The van der Waals surface area contributed by atoms with Gasteiger partial charge in [0.05, 0.1) is 22.7 Å². The van der Waals surface area contributed by atoms with Gasteiger partial charge in [-0.15, -0.1) is 11.3 Å². The molecule has 2 aliphatic rings. The summed E-state index contributed by atoms with van der Waals surface area (Å²) in [5.74, 6) is 0.0148. The highest BCUT2D eigenvalue weighted by Gasteiger charge is 2.28. The summed E-state index contributed by atoms with van der Waals surface area (Å²) in [5.41, 5.74) is 3.13. The molecule has 11 heteroatoms. The van der Waals surface area contributed by atoms with Gasteiger partial charge in [-0.3, -0.25) is 24.6 Å². The molecule has 0 spiro atoms. The van der Waals surface area contributed by atoms with E-state index < -0.39 is 0 Å². The van der Waals surface area contributed by atoms with E-state index in [2.05, 4.69) is 15.2 Å². The number of aromatic nitrogens is 1. The topological polar surface area (TPSA) is 112 Å². The SMILES string of the molecule is Cc1ncsc1C(=O)NC1CCN(CC(=O)N2CCN(c3ccccc3[N+](=O)[O-])CC2)CC1. The molecule has 0 bridgehead atoms. The molecular weight excluding hydrogens is 444 g/mol. The minimum Gasteiger partial charge on any atom is -0.362 e. The van der Waals surface area contributed by atoms with Gasteiger partial charge in [-0.1, -0.05) is 12.1 Å². The van der Waals surface area contributed by atoms with Crippen molar-refractivity contribution in [3.63, 3.8) is 0 Å². The lowest BCUT2D eigenvalue weighted by molar-refractivity contribution is -0.384. The fourth-order valence-electron chi connectivity index (χ4n) is 4.38. The third kappa shape index (κ3) is 5.48. The number of carbonyl (C=O) groups is 2. The van der Waals surface area contributed by atoms with Gasteiger partial charge in [-0.2, -0.15) is 0 Å². The highest BCUT2D eigenvalue weighted by atomic mass is 32.1. The zero-order valence-corrected chi connectivity index (χ0v) is 19.4. The number of nitro benzene ring substituents is 1. The van der Waals surface area contributed by atoms with Crippen LogP contribution in [0.4, 0.5) is 11.4 Å². The summed E-state index contributed by atoms with van der Waals surface area (Å²) in [6.07, 6.45) is 1.62. The second kappa shape index (κ2) is 10.3. The zero-order valence-electron chi connectivity index (χ0n) is 18.6. The molecule has 2 aromatic rings. The van der Waals surface area contributed by atoms with Gasteiger partial charge in [-0.25, -0.2) is 4.98 Å². The Morgan fingerprint density at radius 3 is 2.48 bits per heavy atom. The van der Waals surface area contributed by atoms with Crippen LogP contribution in [0.3, 0.4) is 0 Å². The number of piperidine rings is 1. The fourth-order valence-corrected chi connectivity index (χ4v) is 5.09. The average molecular weight is 473 g/mol. The smallest absolute Gasteiger partial charge is 0.292 e. The van der Waals surface area contributed by atoms with Crippen molar-refractivity contribution in [3.8, 4) is 0 Å². The van der Waals surface area contributed by atoms with Crippen LogP contribution < -0.4 is 10.2 Å². The number of piperazine rings is 1. The van der Waals surface area contributed by atoms with Gasteiger partial charge in [0.2, 0.25) is 5.91 Å². The van der Waals surface area contributed by atoms with E-state index >= 15 is 0 Å². The van der Waals surface area contributed by atoms with E-state index in [-0.39, 0.29) is 28.5 Å². The molecule has 10 nitrogen and oxygen atoms in total. The minimum atomic E-state index is -0.364. The summed E-state index contributed by atoms with van der Waals surface area (Å²) in [6, 6.07) is 6.84. The quantitative estimate of drug-likeness (QED) is 0.505. The first-order valence-electron chi connectivity index (χ1n) is 11.1. The minimum absolute atomic E-state index is 0.0685. The molecule has 2 saturated heterocycles. The third-order valence-corrected chi connectivity index (χ3v) is 7.21. The zero-order chi connectivity index (χ0) is 23.4. The fraction of sp³-hybridized carbons (Fsp3) is 0.500. The number of likely N-dealkylation sites (tertiary alicyclic amines) is 1. The number of hydrogen-bond acceptors (Lipinski definition) is 8. The Hall–Kier alpha value is -3.05. The monoisotopic (exact) mass is 472 g/mol. The van der Waals surface area contributed by atoms with Gasteiger partial charge in [0.25, 0.3) is 11.6 Å². The molecule has 1 aromatic heterocycles. The summed E-state index contributed by atoms with van der Waals surface area (Å²) in [6.45, 7) is 5.95. The summed E-state index contributed by atoms with van der Waals surface area (Å²) < 4.78 is 0. The van der Waals surface area contributed by atoms with E-state index in [1.807, 2.05) is 16.7 Å². The van der Waals surface area contributed by atoms with Crippen LogP contribution in [0.5, 0.6) is 0 Å². The molecule has 3 heterocycles. The molecule has 0 unspecified atom stereocenters. The van der Waals surface area contributed by atoms with Crippen LogP contribution in [0.15, 0.2) is 29.8 Å². The number of aryl methyl sites for hydroxylation is 1. The number of nitrogens with zero attached hydrogens (tertiary/aromatic N) is 5. The number of carbonyl (C=O) groups excluding carboxylic acids is 2. The van der Waals surface area contributed by atoms with Gasteiger partial charge in [0, 0.05) is 51.4 Å². The Labute approximate surface area is 196 Å².